The molecule has 0 saturated carbocycles. The van der Waals surface area contributed by atoms with Crippen molar-refractivity contribution in [2.45, 2.75) is 40.5 Å². The smallest absolute Gasteiger partial charge is 0.136 e. The lowest BCUT2D eigenvalue weighted by Crippen LogP contribution is -2.21. The molecule has 1 heterocycles. The molecule has 0 unspecified atom stereocenters. The number of aryl methyl sites for hydroxylation is 1. The lowest BCUT2D eigenvalue weighted by molar-refractivity contribution is 0.756. The molecular weight excluding hydrogens is 310 g/mol. The summed E-state index contributed by atoms with van der Waals surface area (Å²) < 4.78 is 0. The van der Waals surface area contributed by atoms with Crippen molar-refractivity contribution in [3.8, 4) is 0 Å². The first kappa shape index (κ1) is 19.0. The molecule has 136 valence electrons. The zero-order valence-corrected chi connectivity index (χ0v) is 16.2. The van der Waals surface area contributed by atoms with Crippen LogP contribution in [0.5, 0.6) is 0 Å². The number of rotatable bonds is 9. The summed E-state index contributed by atoms with van der Waals surface area (Å²) in [5.41, 5.74) is 2.28. The van der Waals surface area contributed by atoms with E-state index >= 15 is 0 Å². The third kappa shape index (κ3) is 5.34. The second-order valence-corrected chi connectivity index (χ2v) is 6.28. The Kier molecular flexibility index (Phi) is 7.04. The normalized spacial score (nSPS) is 10.6. The Morgan fingerprint density at radius 1 is 1.00 bits per heavy atom. The number of anilines is 4. The van der Waals surface area contributed by atoms with Gasteiger partial charge in [0.25, 0.3) is 0 Å². The summed E-state index contributed by atoms with van der Waals surface area (Å²) >= 11 is 0. The van der Waals surface area contributed by atoms with Gasteiger partial charge in [-0.15, -0.1) is 0 Å². The molecule has 5 heteroatoms. The van der Waals surface area contributed by atoms with Crippen LogP contribution in [0.25, 0.3) is 0 Å². The van der Waals surface area contributed by atoms with E-state index in [9.17, 15) is 0 Å². The van der Waals surface area contributed by atoms with Crippen LogP contribution in [0.1, 0.15) is 39.4 Å². The van der Waals surface area contributed by atoms with E-state index in [1.54, 1.807) is 0 Å². The Hall–Kier alpha value is -2.30. The Bertz CT molecular complexity index is 650. The zero-order chi connectivity index (χ0) is 18.2. The predicted molar refractivity (Wildman–Crippen MR) is 108 cm³/mol. The molecule has 0 saturated heterocycles. The summed E-state index contributed by atoms with van der Waals surface area (Å²) in [6.07, 6.45) is 2.34. The van der Waals surface area contributed by atoms with Gasteiger partial charge >= 0.3 is 0 Å². The van der Waals surface area contributed by atoms with Crippen LogP contribution in [0.4, 0.5) is 23.0 Å². The monoisotopic (exact) mass is 341 g/mol. The van der Waals surface area contributed by atoms with Crippen LogP contribution in [0.3, 0.4) is 0 Å². The summed E-state index contributed by atoms with van der Waals surface area (Å²) in [6.45, 7) is 11.5. The summed E-state index contributed by atoms with van der Waals surface area (Å²) in [6, 6.07) is 10.5. The topological polar surface area (TPSA) is 44.3 Å². The third-order valence-corrected chi connectivity index (χ3v) is 4.33. The average molecular weight is 342 g/mol. The number of nitrogens with zero attached hydrogens (tertiary/aromatic N) is 4. The van der Waals surface area contributed by atoms with E-state index in [0.29, 0.717) is 0 Å². The molecule has 0 aliphatic carbocycles. The SMILES string of the molecule is CCCCN(C)c1cc(Nc2ccc(N(CC)CC)cc2)nc(C)n1. The largest absolute Gasteiger partial charge is 0.372 e. The van der Waals surface area contributed by atoms with Crippen molar-refractivity contribution < 1.29 is 0 Å². The third-order valence-electron chi connectivity index (χ3n) is 4.33. The highest BCUT2D eigenvalue weighted by Crippen LogP contribution is 2.22. The van der Waals surface area contributed by atoms with Crippen molar-refractivity contribution in [1.29, 1.82) is 0 Å². The highest BCUT2D eigenvalue weighted by atomic mass is 15.2. The fourth-order valence-corrected chi connectivity index (χ4v) is 2.81. The lowest BCUT2D eigenvalue weighted by atomic mass is 10.2. The number of hydrogen-bond acceptors (Lipinski definition) is 5. The van der Waals surface area contributed by atoms with Crippen molar-refractivity contribution in [2.24, 2.45) is 0 Å². The van der Waals surface area contributed by atoms with E-state index in [2.05, 4.69) is 77.2 Å². The maximum Gasteiger partial charge on any atom is 0.136 e. The van der Waals surface area contributed by atoms with E-state index in [-0.39, 0.29) is 0 Å². The van der Waals surface area contributed by atoms with Gasteiger partial charge in [-0.3, -0.25) is 0 Å². The van der Waals surface area contributed by atoms with E-state index in [0.717, 1.165) is 49.2 Å². The van der Waals surface area contributed by atoms with Gasteiger partial charge in [-0.1, -0.05) is 13.3 Å². The molecule has 0 fully saturated rings. The van der Waals surface area contributed by atoms with E-state index in [1.807, 2.05) is 13.0 Å². The van der Waals surface area contributed by atoms with Gasteiger partial charge in [-0.2, -0.15) is 0 Å². The molecule has 0 radical (unpaired) electrons. The first-order valence-electron chi connectivity index (χ1n) is 9.26. The second-order valence-electron chi connectivity index (χ2n) is 6.28. The fourth-order valence-electron chi connectivity index (χ4n) is 2.81. The molecule has 1 aromatic carbocycles. The molecular formula is C20H31N5. The van der Waals surface area contributed by atoms with Gasteiger partial charge in [0.1, 0.15) is 17.5 Å². The number of benzene rings is 1. The molecule has 0 aliphatic heterocycles. The van der Waals surface area contributed by atoms with E-state index < -0.39 is 0 Å². The van der Waals surface area contributed by atoms with Crippen molar-refractivity contribution in [2.75, 3.05) is 41.8 Å². The van der Waals surface area contributed by atoms with Crippen LogP contribution in [0, 0.1) is 6.92 Å². The van der Waals surface area contributed by atoms with Gasteiger partial charge in [0.2, 0.25) is 0 Å². The number of hydrogen-bond donors (Lipinski definition) is 1. The summed E-state index contributed by atoms with van der Waals surface area (Å²) in [5, 5.41) is 3.40. The Labute approximate surface area is 152 Å². The summed E-state index contributed by atoms with van der Waals surface area (Å²) in [5.74, 6) is 2.58. The van der Waals surface area contributed by atoms with E-state index in [1.165, 1.54) is 12.1 Å². The molecule has 0 atom stereocenters. The highest BCUT2D eigenvalue weighted by Gasteiger charge is 2.07. The molecule has 0 amide bonds. The van der Waals surface area contributed by atoms with Gasteiger partial charge < -0.3 is 15.1 Å². The maximum absolute atomic E-state index is 4.56. The van der Waals surface area contributed by atoms with Crippen LogP contribution in [0.2, 0.25) is 0 Å². The highest BCUT2D eigenvalue weighted by molar-refractivity contribution is 5.62. The molecule has 5 nitrogen and oxygen atoms in total. The van der Waals surface area contributed by atoms with E-state index in [4.69, 9.17) is 0 Å². The van der Waals surface area contributed by atoms with Gasteiger partial charge in [-0.25, -0.2) is 9.97 Å². The van der Waals surface area contributed by atoms with Crippen molar-refractivity contribution in [3.63, 3.8) is 0 Å². The minimum atomic E-state index is 0.781. The van der Waals surface area contributed by atoms with Crippen molar-refractivity contribution in [3.05, 3.63) is 36.2 Å². The van der Waals surface area contributed by atoms with Crippen LogP contribution < -0.4 is 15.1 Å². The van der Waals surface area contributed by atoms with Crippen LogP contribution in [0.15, 0.2) is 30.3 Å². The van der Waals surface area contributed by atoms with Crippen LogP contribution >= 0.6 is 0 Å². The summed E-state index contributed by atoms with van der Waals surface area (Å²) in [7, 11) is 2.08. The van der Waals surface area contributed by atoms with Gasteiger partial charge in [-0.05, 0) is 51.5 Å². The van der Waals surface area contributed by atoms with Crippen LogP contribution in [-0.2, 0) is 0 Å². The molecule has 25 heavy (non-hydrogen) atoms. The number of aromatic nitrogens is 2. The quantitative estimate of drug-likeness (QED) is 0.721. The predicted octanol–water partition coefficient (Wildman–Crippen LogP) is 4.61. The molecule has 0 spiro atoms. The van der Waals surface area contributed by atoms with Crippen molar-refractivity contribution >= 4 is 23.0 Å². The Balaban J connectivity index is 2.13. The lowest BCUT2D eigenvalue weighted by Gasteiger charge is -2.21. The van der Waals surface area contributed by atoms with Gasteiger partial charge in [0.15, 0.2) is 0 Å². The maximum atomic E-state index is 4.56. The first-order chi connectivity index (χ1) is 12.1. The number of nitrogens with one attached hydrogen (secondary N) is 1. The molecule has 1 aromatic heterocycles. The standard InChI is InChI=1S/C20H31N5/c1-6-9-14-24(5)20-15-19(21-16(4)22-20)23-17-10-12-18(13-11-17)25(7-2)8-3/h10-13,15H,6-9,14H2,1-5H3,(H,21,22,23). The Morgan fingerprint density at radius 2 is 1.68 bits per heavy atom. The molecule has 2 rings (SSSR count). The molecule has 2 aromatic rings. The minimum Gasteiger partial charge on any atom is -0.372 e. The fraction of sp³-hybridized carbons (Fsp3) is 0.500. The summed E-state index contributed by atoms with van der Waals surface area (Å²) in [4.78, 5) is 13.6. The molecule has 1 N–H and O–H groups in total. The Morgan fingerprint density at radius 3 is 2.28 bits per heavy atom. The number of unbranched alkanes of at least 4 members (excludes halogenated alkanes) is 1. The van der Waals surface area contributed by atoms with Gasteiger partial charge in [0, 0.05) is 44.1 Å². The average Bonchev–Trinajstić information content (AvgIpc) is 2.61. The first-order valence-corrected chi connectivity index (χ1v) is 9.26. The molecule has 0 aliphatic rings. The molecule has 0 bridgehead atoms. The zero-order valence-electron chi connectivity index (χ0n) is 16.2. The van der Waals surface area contributed by atoms with Crippen molar-refractivity contribution in [1.82, 2.24) is 9.97 Å². The minimum absolute atomic E-state index is 0.781. The van der Waals surface area contributed by atoms with Gasteiger partial charge in [0.05, 0.1) is 0 Å². The second kappa shape index (κ2) is 9.25. The van der Waals surface area contributed by atoms with Crippen LogP contribution in [-0.4, -0.2) is 36.6 Å².